The van der Waals surface area contributed by atoms with Crippen LogP contribution in [0, 0.1) is 6.92 Å². The number of piperazine rings is 1. The average molecular weight is 406 g/mol. The molecule has 0 saturated carbocycles. The van der Waals surface area contributed by atoms with E-state index in [1.54, 1.807) is 28.0 Å². The molecule has 0 aromatic heterocycles. The van der Waals surface area contributed by atoms with E-state index in [0.29, 0.717) is 31.9 Å². The normalized spacial score (nSPS) is 13.9. The van der Waals surface area contributed by atoms with Gasteiger partial charge in [-0.25, -0.2) is 4.79 Å². The zero-order valence-electron chi connectivity index (χ0n) is 17.2. The lowest BCUT2D eigenvalue weighted by Crippen LogP contribution is -2.51. The average Bonchev–Trinajstić information content (AvgIpc) is 2.73. The molecule has 0 atom stereocenters. The van der Waals surface area contributed by atoms with E-state index in [-0.39, 0.29) is 17.8 Å². The third-order valence-electron chi connectivity index (χ3n) is 4.80. The molecule has 2 N–H and O–H groups in total. The van der Waals surface area contributed by atoms with Crippen LogP contribution in [0.2, 0.25) is 0 Å². The van der Waals surface area contributed by atoms with Gasteiger partial charge in [0.2, 0.25) is 11.8 Å². The van der Waals surface area contributed by atoms with Gasteiger partial charge in [0.05, 0.1) is 0 Å². The lowest BCUT2D eigenvalue weighted by atomic mass is 10.2. The number of urea groups is 1. The zero-order valence-corrected chi connectivity index (χ0v) is 17.2. The molecule has 7 heteroatoms. The summed E-state index contributed by atoms with van der Waals surface area (Å²) >= 11 is 0. The standard InChI is InChI=1S/C23H26N4O3/c1-17-4-3-5-21(16-17)25-23(30)27-14-12-26(13-15-27)22(29)11-8-19-6-9-20(10-7-19)24-18(2)28/h3-11,16H,12-15H2,1-2H3,(H,24,28)(H,25,30)/b11-8+. The van der Waals surface area contributed by atoms with Crippen LogP contribution in [0.4, 0.5) is 16.2 Å². The Bertz CT molecular complexity index is 945. The zero-order chi connectivity index (χ0) is 21.5. The lowest BCUT2D eigenvalue weighted by molar-refractivity contribution is -0.127. The third kappa shape index (κ3) is 5.94. The van der Waals surface area contributed by atoms with Gasteiger partial charge >= 0.3 is 6.03 Å². The highest BCUT2D eigenvalue weighted by Crippen LogP contribution is 2.13. The fraction of sp³-hybridized carbons (Fsp3) is 0.261. The summed E-state index contributed by atoms with van der Waals surface area (Å²) in [5.74, 6) is -0.208. The molecule has 0 unspecified atom stereocenters. The molecule has 4 amide bonds. The van der Waals surface area contributed by atoms with Gasteiger partial charge in [-0.05, 0) is 48.4 Å². The lowest BCUT2D eigenvalue weighted by Gasteiger charge is -2.34. The predicted octanol–water partition coefficient (Wildman–Crippen LogP) is 3.34. The summed E-state index contributed by atoms with van der Waals surface area (Å²) in [7, 11) is 0. The van der Waals surface area contributed by atoms with Gasteiger partial charge in [0.25, 0.3) is 0 Å². The van der Waals surface area contributed by atoms with Crippen molar-refractivity contribution in [2.24, 2.45) is 0 Å². The van der Waals surface area contributed by atoms with Crippen molar-refractivity contribution in [1.82, 2.24) is 9.80 Å². The minimum absolute atomic E-state index is 0.0836. The number of anilines is 2. The molecular weight excluding hydrogens is 380 g/mol. The predicted molar refractivity (Wildman–Crippen MR) is 118 cm³/mol. The molecule has 2 aromatic rings. The van der Waals surface area contributed by atoms with Crippen LogP contribution in [0.3, 0.4) is 0 Å². The summed E-state index contributed by atoms with van der Waals surface area (Å²) in [5.41, 5.74) is 3.44. The van der Waals surface area contributed by atoms with E-state index in [9.17, 15) is 14.4 Å². The molecule has 156 valence electrons. The van der Waals surface area contributed by atoms with Gasteiger partial charge in [-0.15, -0.1) is 0 Å². The van der Waals surface area contributed by atoms with Crippen molar-refractivity contribution < 1.29 is 14.4 Å². The Balaban J connectivity index is 1.48. The van der Waals surface area contributed by atoms with Crippen molar-refractivity contribution in [2.45, 2.75) is 13.8 Å². The van der Waals surface area contributed by atoms with E-state index in [4.69, 9.17) is 0 Å². The maximum Gasteiger partial charge on any atom is 0.321 e. The van der Waals surface area contributed by atoms with Crippen LogP contribution < -0.4 is 10.6 Å². The molecule has 1 saturated heterocycles. The maximum atomic E-state index is 12.5. The largest absolute Gasteiger partial charge is 0.336 e. The smallest absolute Gasteiger partial charge is 0.321 e. The molecule has 30 heavy (non-hydrogen) atoms. The number of amides is 4. The van der Waals surface area contributed by atoms with Crippen LogP contribution >= 0.6 is 0 Å². The molecule has 7 nitrogen and oxygen atoms in total. The molecule has 0 aliphatic carbocycles. The first-order valence-electron chi connectivity index (χ1n) is 9.88. The Morgan fingerprint density at radius 3 is 2.17 bits per heavy atom. The summed E-state index contributed by atoms with van der Waals surface area (Å²) in [5, 5.41) is 5.61. The molecule has 1 aliphatic heterocycles. The SMILES string of the molecule is CC(=O)Nc1ccc(/C=C/C(=O)N2CCN(C(=O)Nc3cccc(C)c3)CC2)cc1. The number of nitrogens with zero attached hydrogens (tertiary/aromatic N) is 2. The van der Waals surface area contributed by atoms with Crippen molar-refractivity contribution in [3.63, 3.8) is 0 Å². The first kappa shape index (κ1) is 21.1. The Labute approximate surface area is 176 Å². The van der Waals surface area contributed by atoms with Gasteiger partial charge in [-0.2, -0.15) is 0 Å². The number of rotatable bonds is 4. The summed E-state index contributed by atoms with van der Waals surface area (Å²) in [6.45, 7) is 5.40. The fourth-order valence-corrected chi connectivity index (χ4v) is 3.21. The second-order valence-corrected chi connectivity index (χ2v) is 7.25. The minimum Gasteiger partial charge on any atom is -0.336 e. The molecular formula is C23H26N4O3. The molecule has 1 heterocycles. The first-order chi connectivity index (χ1) is 14.4. The van der Waals surface area contributed by atoms with Crippen molar-refractivity contribution in [3.8, 4) is 0 Å². The number of hydrogen-bond donors (Lipinski definition) is 2. The molecule has 2 aromatic carbocycles. The maximum absolute atomic E-state index is 12.5. The molecule has 0 spiro atoms. The third-order valence-corrected chi connectivity index (χ3v) is 4.80. The molecule has 0 radical (unpaired) electrons. The van der Waals surface area contributed by atoms with E-state index in [0.717, 1.165) is 16.8 Å². The van der Waals surface area contributed by atoms with E-state index >= 15 is 0 Å². The number of nitrogens with one attached hydrogen (secondary N) is 2. The number of benzene rings is 2. The molecule has 1 fully saturated rings. The van der Waals surface area contributed by atoms with Crippen LogP contribution in [0.15, 0.2) is 54.6 Å². The van der Waals surface area contributed by atoms with E-state index in [2.05, 4.69) is 10.6 Å². The molecule has 3 rings (SSSR count). The van der Waals surface area contributed by atoms with Crippen LogP contribution in [-0.2, 0) is 9.59 Å². The Kier molecular flexibility index (Phi) is 6.85. The second kappa shape index (κ2) is 9.73. The summed E-state index contributed by atoms with van der Waals surface area (Å²) in [4.78, 5) is 39.4. The number of carbonyl (C=O) groups is 3. The highest BCUT2D eigenvalue weighted by Gasteiger charge is 2.23. The van der Waals surface area contributed by atoms with Crippen molar-refractivity contribution in [3.05, 3.63) is 65.7 Å². The van der Waals surface area contributed by atoms with E-state index in [1.807, 2.05) is 43.3 Å². The number of hydrogen-bond acceptors (Lipinski definition) is 3. The Morgan fingerprint density at radius 2 is 1.53 bits per heavy atom. The van der Waals surface area contributed by atoms with Crippen LogP contribution in [-0.4, -0.2) is 53.8 Å². The van der Waals surface area contributed by atoms with Crippen molar-refractivity contribution in [1.29, 1.82) is 0 Å². The molecule has 0 bridgehead atoms. The molecule has 1 aliphatic rings. The van der Waals surface area contributed by atoms with E-state index < -0.39 is 0 Å². The van der Waals surface area contributed by atoms with E-state index in [1.165, 1.54) is 13.0 Å². The Morgan fingerprint density at radius 1 is 0.867 bits per heavy atom. The van der Waals surface area contributed by atoms with Gasteiger partial charge in [-0.3, -0.25) is 9.59 Å². The van der Waals surface area contributed by atoms with Gasteiger partial charge in [0.15, 0.2) is 0 Å². The van der Waals surface area contributed by atoms with Crippen molar-refractivity contribution >= 4 is 35.3 Å². The summed E-state index contributed by atoms with van der Waals surface area (Å²) in [6.07, 6.45) is 3.28. The Hall–Kier alpha value is -3.61. The van der Waals surface area contributed by atoms with Crippen LogP contribution in [0.25, 0.3) is 6.08 Å². The van der Waals surface area contributed by atoms with Crippen molar-refractivity contribution in [2.75, 3.05) is 36.8 Å². The summed E-state index contributed by atoms with van der Waals surface area (Å²) < 4.78 is 0. The fourth-order valence-electron chi connectivity index (χ4n) is 3.21. The summed E-state index contributed by atoms with van der Waals surface area (Å²) in [6, 6.07) is 14.8. The van der Waals surface area contributed by atoms with Gasteiger partial charge in [-0.1, -0.05) is 24.3 Å². The number of aryl methyl sites for hydroxylation is 1. The quantitative estimate of drug-likeness (QED) is 0.764. The minimum atomic E-state index is -0.150. The van der Waals surface area contributed by atoms with Gasteiger partial charge in [0, 0.05) is 50.6 Å². The van der Waals surface area contributed by atoms with Crippen LogP contribution in [0.5, 0.6) is 0 Å². The topological polar surface area (TPSA) is 81.8 Å². The van der Waals surface area contributed by atoms with Crippen LogP contribution in [0.1, 0.15) is 18.1 Å². The van der Waals surface area contributed by atoms with Gasteiger partial charge in [0.1, 0.15) is 0 Å². The monoisotopic (exact) mass is 406 g/mol. The highest BCUT2D eigenvalue weighted by atomic mass is 16.2. The second-order valence-electron chi connectivity index (χ2n) is 7.25. The van der Waals surface area contributed by atoms with Gasteiger partial charge < -0.3 is 20.4 Å². The highest BCUT2D eigenvalue weighted by molar-refractivity contribution is 5.93. The first-order valence-corrected chi connectivity index (χ1v) is 9.88. The number of carbonyl (C=O) groups excluding carboxylic acids is 3.